The zero-order valence-electron chi connectivity index (χ0n) is 23.6. The summed E-state index contributed by atoms with van der Waals surface area (Å²) in [6.07, 6.45) is 9.79. The van der Waals surface area contributed by atoms with Gasteiger partial charge in [-0.15, -0.1) is 0 Å². The highest BCUT2D eigenvalue weighted by Gasteiger charge is 2.40. The molecule has 222 valence electrons. The van der Waals surface area contributed by atoms with Crippen molar-refractivity contribution in [2.45, 2.75) is 74.7 Å². The fraction of sp³-hybridized carbons (Fsp3) is 0.452. The number of sulfone groups is 1. The van der Waals surface area contributed by atoms with Crippen LogP contribution in [0.5, 0.6) is 0 Å². The zero-order chi connectivity index (χ0) is 29.8. The highest BCUT2D eigenvalue weighted by Crippen LogP contribution is 2.44. The first-order valence-corrected chi connectivity index (χ1v) is 16.3. The van der Waals surface area contributed by atoms with Crippen LogP contribution in [0.15, 0.2) is 48.9 Å². The minimum absolute atomic E-state index is 0.0341. The van der Waals surface area contributed by atoms with Gasteiger partial charge in [-0.1, -0.05) is 6.92 Å². The van der Waals surface area contributed by atoms with Crippen LogP contribution in [0.25, 0.3) is 16.8 Å². The first-order valence-electron chi connectivity index (χ1n) is 14.3. The van der Waals surface area contributed by atoms with E-state index in [1.807, 2.05) is 13.0 Å². The molecule has 2 N–H and O–H groups in total. The molecule has 2 fully saturated rings. The SMILES string of the molecule is C[C@H]1C[C@@H](c2ccncc2Cc2ncc3ccc(-c4c(F)cc(C5(F)CCCC5)cc4F)nn23)C[C@@H](N)[C@@H]1S(C)(=O)=O. The van der Waals surface area contributed by atoms with Crippen molar-refractivity contribution in [3.8, 4) is 11.3 Å². The average Bonchev–Trinajstić information content (AvgIpc) is 3.54. The van der Waals surface area contributed by atoms with E-state index in [9.17, 15) is 8.42 Å². The number of pyridine rings is 1. The van der Waals surface area contributed by atoms with Crippen molar-refractivity contribution in [2.75, 3.05) is 6.26 Å². The van der Waals surface area contributed by atoms with Gasteiger partial charge in [0, 0.05) is 31.1 Å². The third kappa shape index (κ3) is 5.21. The lowest BCUT2D eigenvalue weighted by atomic mass is 9.75. The van der Waals surface area contributed by atoms with E-state index in [0.717, 1.165) is 23.3 Å². The third-order valence-corrected chi connectivity index (χ3v) is 10.9. The first kappa shape index (κ1) is 28.8. The molecule has 3 heterocycles. The Morgan fingerprint density at radius 2 is 1.79 bits per heavy atom. The third-order valence-electron chi connectivity index (χ3n) is 9.09. The van der Waals surface area contributed by atoms with Crippen molar-refractivity contribution in [1.29, 1.82) is 0 Å². The van der Waals surface area contributed by atoms with E-state index in [-0.39, 0.29) is 41.5 Å². The average molecular weight is 598 g/mol. The van der Waals surface area contributed by atoms with E-state index >= 15 is 13.2 Å². The molecule has 6 rings (SSSR count). The first-order chi connectivity index (χ1) is 19.9. The van der Waals surface area contributed by atoms with Crippen molar-refractivity contribution < 1.29 is 21.6 Å². The van der Waals surface area contributed by atoms with Crippen LogP contribution in [0.1, 0.15) is 73.9 Å². The zero-order valence-corrected chi connectivity index (χ0v) is 24.4. The standard InChI is InChI=1S/C31H34F3N5O2S/c1-18-11-19(12-26(35)30(18)42(2,40)41)23-7-10-36-16-20(23)13-28-37-17-22-5-6-27(38-39(22)28)29-24(32)14-21(15-25(29)33)31(34)8-3-4-9-31/h5-7,10,14-19,26,30H,3-4,8-9,11-13,35H2,1-2H3/t18-,19+,26+,30+/m0/s1. The van der Waals surface area contributed by atoms with Gasteiger partial charge in [-0.05, 0) is 97.4 Å². The number of nitrogens with two attached hydrogens (primary N) is 1. The van der Waals surface area contributed by atoms with Gasteiger partial charge in [0.2, 0.25) is 0 Å². The minimum atomic E-state index is -3.28. The Hall–Kier alpha value is -3.31. The number of aromatic nitrogens is 4. The van der Waals surface area contributed by atoms with Gasteiger partial charge in [-0.25, -0.2) is 31.1 Å². The summed E-state index contributed by atoms with van der Waals surface area (Å²) < 4.78 is 72.1. The Balaban J connectivity index is 1.32. The number of halogens is 3. The van der Waals surface area contributed by atoms with E-state index in [4.69, 9.17) is 5.73 Å². The van der Waals surface area contributed by atoms with Gasteiger partial charge in [-0.2, -0.15) is 5.10 Å². The summed E-state index contributed by atoms with van der Waals surface area (Å²) in [5, 5.41) is 3.96. The molecule has 3 aromatic heterocycles. The molecule has 11 heteroatoms. The molecule has 2 saturated carbocycles. The molecule has 0 radical (unpaired) electrons. The fourth-order valence-corrected chi connectivity index (χ4v) is 8.90. The molecular weight excluding hydrogens is 563 g/mol. The highest BCUT2D eigenvalue weighted by atomic mass is 32.2. The Labute approximate surface area is 243 Å². The summed E-state index contributed by atoms with van der Waals surface area (Å²) in [5.74, 6) is -1.22. The van der Waals surface area contributed by atoms with Crippen LogP contribution in [0.2, 0.25) is 0 Å². The molecule has 0 bridgehead atoms. The summed E-state index contributed by atoms with van der Waals surface area (Å²) in [6.45, 7) is 1.93. The molecule has 0 amide bonds. The lowest BCUT2D eigenvalue weighted by molar-refractivity contribution is 0.173. The smallest absolute Gasteiger partial charge is 0.152 e. The van der Waals surface area contributed by atoms with Crippen LogP contribution in [0.4, 0.5) is 13.2 Å². The van der Waals surface area contributed by atoms with Crippen LogP contribution in [-0.2, 0) is 21.9 Å². The molecule has 0 saturated heterocycles. The molecule has 0 spiro atoms. The van der Waals surface area contributed by atoms with Crippen LogP contribution >= 0.6 is 0 Å². The Kier molecular flexibility index (Phi) is 7.37. The molecule has 0 unspecified atom stereocenters. The van der Waals surface area contributed by atoms with Gasteiger partial charge in [0.05, 0.1) is 28.2 Å². The number of rotatable bonds is 6. The van der Waals surface area contributed by atoms with E-state index in [2.05, 4.69) is 15.1 Å². The maximum atomic E-state index is 15.3. The van der Waals surface area contributed by atoms with Crippen molar-refractivity contribution in [3.63, 3.8) is 0 Å². The maximum absolute atomic E-state index is 15.3. The lowest BCUT2D eigenvalue weighted by Gasteiger charge is -2.38. The summed E-state index contributed by atoms with van der Waals surface area (Å²) in [6, 6.07) is 6.86. The number of benzene rings is 1. The van der Waals surface area contributed by atoms with Crippen LogP contribution < -0.4 is 5.73 Å². The Bertz CT molecular complexity index is 1720. The molecular formula is C31H34F3N5O2S. The van der Waals surface area contributed by atoms with E-state index in [0.29, 0.717) is 43.4 Å². The van der Waals surface area contributed by atoms with Crippen molar-refractivity contribution >= 4 is 15.4 Å². The fourth-order valence-electron chi connectivity index (χ4n) is 7.20. The van der Waals surface area contributed by atoms with Gasteiger partial charge < -0.3 is 5.73 Å². The predicted octanol–water partition coefficient (Wildman–Crippen LogP) is 5.65. The van der Waals surface area contributed by atoms with Crippen molar-refractivity contribution in [1.82, 2.24) is 19.6 Å². The minimum Gasteiger partial charge on any atom is -0.326 e. The monoisotopic (exact) mass is 597 g/mol. The van der Waals surface area contributed by atoms with Gasteiger partial charge >= 0.3 is 0 Å². The Morgan fingerprint density at radius 1 is 1.07 bits per heavy atom. The second-order valence-corrected chi connectivity index (χ2v) is 14.3. The number of fused-ring (bicyclic) bond motifs is 1. The Morgan fingerprint density at radius 3 is 2.45 bits per heavy atom. The molecule has 1 aromatic carbocycles. The molecule has 4 aromatic rings. The number of nitrogens with zero attached hydrogens (tertiary/aromatic N) is 4. The van der Waals surface area contributed by atoms with E-state index in [1.165, 1.54) is 12.3 Å². The second-order valence-electron chi connectivity index (χ2n) is 12.1. The summed E-state index contributed by atoms with van der Waals surface area (Å²) in [7, 11) is -3.28. The largest absolute Gasteiger partial charge is 0.326 e. The van der Waals surface area contributed by atoms with Gasteiger partial charge in [0.15, 0.2) is 9.84 Å². The summed E-state index contributed by atoms with van der Waals surface area (Å²) >= 11 is 0. The normalized spacial score (nSPS) is 24.3. The predicted molar refractivity (Wildman–Crippen MR) is 154 cm³/mol. The molecule has 2 aliphatic carbocycles. The van der Waals surface area contributed by atoms with E-state index < -0.39 is 38.4 Å². The van der Waals surface area contributed by atoms with Gasteiger partial charge in [-0.3, -0.25) is 4.98 Å². The molecule has 7 nitrogen and oxygen atoms in total. The van der Waals surface area contributed by atoms with Gasteiger partial charge in [0.25, 0.3) is 0 Å². The number of alkyl halides is 1. The number of imidazole rings is 1. The van der Waals surface area contributed by atoms with Crippen LogP contribution in [0.3, 0.4) is 0 Å². The van der Waals surface area contributed by atoms with Crippen LogP contribution in [-0.4, -0.2) is 45.5 Å². The second kappa shape index (κ2) is 10.8. The molecule has 4 atom stereocenters. The lowest BCUT2D eigenvalue weighted by Crippen LogP contribution is -2.48. The summed E-state index contributed by atoms with van der Waals surface area (Å²) in [5.41, 5.74) is 7.05. The number of hydrogen-bond acceptors (Lipinski definition) is 6. The molecule has 42 heavy (non-hydrogen) atoms. The quantitative estimate of drug-likeness (QED) is 0.308. The highest BCUT2D eigenvalue weighted by molar-refractivity contribution is 7.91. The van der Waals surface area contributed by atoms with Crippen molar-refractivity contribution in [2.24, 2.45) is 11.7 Å². The number of hydrogen-bond donors (Lipinski definition) is 1. The molecule has 2 aliphatic rings. The maximum Gasteiger partial charge on any atom is 0.152 e. The summed E-state index contributed by atoms with van der Waals surface area (Å²) in [4.78, 5) is 8.85. The molecule has 0 aliphatic heterocycles. The topological polar surface area (TPSA) is 103 Å². The van der Waals surface area contributed by atoms with Crippen LogP contribution in [0, 0.1) is 17.6 Å². The van der Waals surface area contributed by atoms with Gasteiger partial charge in [0.1, 0.15) is 23.1 Å². The van der Waals surface area contributed by atoms with E-state index in [1.54, 1.807) is 29.2 Å². The van der Waals surface area contributed by atoms with Crippen molar-refractivity contribution in [3.05, 3.63) is 83.1 Å².